The zero-order valence-electron chi connectivity index (χ0n) is 8.97. The topological polar surface area (TPSA) is 37.8 Å². The molecule has 4 heteroatoms. The molecule has 0 atom stereocenters. The average molecular weight is 195 g/mol. The van der Waals surface area contributed by atoms with Crippen LogP contribution in [0.1, 0.15) is 11.4 Å². The zero-order valence-corrected chi connectivity index (χ0v) is 9.97. The minimum Gasteiger partial charge on any atom is -0.396 e. The molecule has 0 aliphatic carbocycles. The third-order valence-electron chi connectivity index (χ3n) is 1.59. The number of aryl methyl sites for hydroxylation is 2. The first kappa shape index (κ1) is 10.2. The van der Waals surface area contributed by atoms with Crippen LogP contribution in [0.5, 0.6) is 0 Å². The zero-order chi connectivity index (χ0) is 10.1. The van der Waals surface area contributed by atoms with E-state index in [0.717, 1.165) is 17.2 Å². The molecule has 1 heterocycles. The molecule has 0 aliphatic rings. The lowest BCUT2D eigenvalue weighted by Crippen LogP contribution is -2.33. The van der Waals surface area contributed by atoms with E-state index < -0.39 is 8.24 Å². The van der Waals surface area contributed by atoms with Gasteiger partial charge >= 0.3 is 0 Å². The fourth-order valence-corrected chi connectivity index (χ4v) is 1.98. The molecule has 3 nitrogen and oxygen atoms in total. The number of nitrogens with one attached hydrogen (secondary N) is 1. The van der Waals surface area contributed by atoms with Crippen molar-refractivity contribution in [3.8, 4) is 0 Å². The lowest BCUT2D eigenvalue weighted by Gasteiger charge is -2.20. The van der Waals surface area contributed by atoms with Gasteiger partial charge < -0.3 is 4.98 Å². The molecule has 0 radical (unpaired) electrons. The van der Waals surface area contributed by atoms with Crippen LogP contribution >= 0.6 is 0 Å². The van der Waals surface area contributed by atoms with E-state index in [-0.39, 0.29) is 0 Å². The number of nitrogens with zero attached hydrogens (tertiary/aromatic N) is 2. The summed E-state index contributed by atoms with van der Waals surface area (Å²) in [6.07, 6.45) is 1.87. The third kappa shape index (κ3) is 3.14. The van der Waals surface area contributed by atoms with Gasteiger partial charge in [0.1, 0.15) is 19.9 Å². The Bertz CT molecular complexity index is 304. The number of hydrogen-bond acceptors (Lipinski definition) is 3. The second-order valence-corrected chi connectivity index (χ2v) is 9.07. The molecule has 0 aliphatic heterocycles. The van der Waals surface area contributed by atoms with Gasteiger partial charge in [-0.3, -0.25) is 0 Å². The van der Waals surface area contributed by atoms with Crippen molar-refractivity contribution in [1.29, 1.82) is 0 Å². The second kappa shape index (κ2) is 3.45. The molecular formula is C9H17N3Si. The summed E-state index contributed by atoms with van der Waals surface area (Å²) < 4.78 is 0. The van der Waals surface area contributed by atoms with Crippen molar-refractivity contribution in [1.82, 2.24) is 9.97 Å². The fourth-order valence-electron chi connectivity index (χ4n) is 1.01. The predicted octanol–water partition coefficient (Wildman–Crippen LogP) is 2.34. The first-order valence-corrected chi connectivity index (χ1v) is 7.97. The van der Waals surface area contributed by atoms with Gasteiger partial charge in [0, 0.05) is 11.8 Å². The van der Waals surface area contributed by atoms with Crippen LogP contribution < -0.4 is 4.98 Å². The number of aromatic nitrogens is 2. The second-order valence-electron chi connectivity index (χ2n) is 4.32. The van der Waals surface area contributed by atoms with Crippen molar-refractivity contribution in [3.63, 3.8) is 0 Å². The van der Waals surface area contributed by atoms with Crippen molar-refractivity contribution in [2.24, 2.45) is 0 Å². The van der Waals surface area contributed by atoms with Gasteiger partial charge in [-0.25, -0.2) is 9.97 Å². The Morgan fingerprint density at radius 3 is 2.38 bits per heavy atom. The van der Waals surface area contributed by atoms with Crippen LogP contribution in [0, 0.1) is 13.8 Å². The average Bonchev–Trinajstić information content (AvgIpc) is 1.94. The highest BCUT2D eigenvalue weighted by Gasteiger charge is 2.14. The Hall–Kier alpha value is -0.903. The van der Waals surface area contributed by atoms with E-state index in [9.17, 15) is 0 Å². The summed E-state index contributed by atoms with van der Waals surface area (Å²) in [6.45, 7) is 10.7. The molecule has 0 amide bonds. The molecule has 0 saturated carbocycles. The molecule has 72 valence electrons. The van der Waals surface area contributed by atoms with Crippen molar-refractivity contribution < 1.29 is 0 Å². The van der Waals surface area contributed by atoms with Gasteiger partial charge in [-0.2, -0.15) is 0 Å². The Morgan fingerprint density at radius 2 is 1.85 bits per heavy atom. The molecule has 1 aromatic rings. The minimum atomic E-state index is -1.29. The SMILES string of the molecule is Cc1ncc(C)c(N[Si](C)(C)C)n1. The van der Waals surface area contributed by atoms with E-state index in [1.807, 2.05) is 20.0 Å². The number of hydrogen-bond donors (Lipinski definition) is 1. The molecule has 1 N–H and O–H groups in total. The Balaban J connectivity index is 2.94. The lowest BCUT2D eigenvalue weighted by molar-refractivity contribution is 1.04. The molecule has 1 rings (SSSR count). The van der Waals surface area contributed by atoms with Gasteiger partial charge in [-0.1, -0.05) is 19.6 Å². The maximum Gasteiger partial charge on any atom is 0.145 e. The number of rotatable bonds is 2. The summed E-state index contributed by atoms with van der Waals surface area (Å²) in [5.74, 6) is 1.82. The maximum atomic E-state index is 4.37. The summed E-state index contributed by atoms with van der Waals surface area (Å²) in [6, 6.07) is 0. The van der Waals surface area contributed by atoms with Crippen LogP contribution in [0.15, 0.2) is 6.20 Å². The molecule has 0 fully saturated rings. The minimum absolute atomic E-state index is 0.825. The van der Waals surface area contributed by atoms with E-state index in [2.05, 4.69) is 34.6 Å². The van der Waals surface area contributed by atoms with Crippen LogP contribution in [0.2, 0.25) is 19.6 Å². The van der Waals surface area contributed by atoms with Gasteiger partial charge in [-0.15, -0.1) is 0 Å². The van der Waals surface area contributed by atoms with Crippen LogP contribution in [0.25, 0.3) is 0 Å². The van der Waals surface area contributed by atoms with E-state index in [4.69, 9.17) is 0 Å². The van der Waals surface area contributed by atoms with Crippen LogP contribution in [-0.4, -0.2) is 18.2 Å². The summed E-state index contributed by atoms with van der Waals surface area (Å²) in [5, 5.41) is 0. The van der Waals surface area contributed by atoms with Gasteiger partial charge in [0.15, 0.2) is 0 Å². The van der Waals surface area contributed by atoms with Gasteiger partial charge in [0.25, 0.3) is 0 Å². The Labute approximate surface area is 80.7 Å². The summed E-state index contributed by atoms with van der Waals surface area (Å²) in [4.78, 5) is 12.0. The van der Waals surface area contributed by atoms with Crippen molar-refractivity contribution in [2.75, 3.05) is 4.98 Å². The molecular weight excluding hydrogens is 178 g/mol. The fraction of sp³-hybridized carbons (Fsp3) is 0.556. The normalized spacial score (nSPS) is 11.5. The predicted molar refractivity (Wildman–Crippen MR) is 58.5 cm³/mol. The standard InChI is InChI=1S/C9H17N3Si/c1-7-6-10-8(2)11-9(7)12-13(3,4)5/h6H,1-5H3,(H,10,11,12). The van der Waals surface area contributed by atoms with Crippen LogP contribution in [0.4, 0.5) is 5.82 Å². The van der Waals surface area contributed by atoms with Gasteiger partial charge in [-0.05, 0) is 13.8 Å². The highest BCUT2D eigenvalue weighted by atomic mass is 28.3. The molecule has 0 bridgehead atoms. The van der Waals surface area contributed by atoms with E-state index in [1.165, 1.54) is 0 Å². The van der Waals surface area contributed by atoms with Crippen LogP contribution in [-0.2, 0) is 0 Å². The number of anilines is 1. The highest BCUT2D eigenvalue weighted by molar-refractivity contribution is 6.79. The van der Waals surface area contributed by atoms with Crippen molar-refractivity contribution in [2.45, 2.75) is 33.5 Å². The van der Waals surface area contributed by atoms with Gasteiger partial charge in [0.2, 0.25) is 0 Å². The van der Waals surface area contributed by atoms with E-state index >= 15 is 0 Å². The quantitative estimate of drug-likeness (QED) is 0.736. The largest absolute Gasteiger partial charge is 0.396 e. The molecule has 0 aromatic carbocycles. The van der Waals surface area contributed by atoms with Crippen molar-refractivity contribution >= 4 is 14.1 Å². The molecule has 0 spiro atoms. The molecule has 0 saturated heterocycles. The van der Waals surface area contributed by atoms with Crippen molar-refractivity contribution in [3.05, 3.63) is 17.6 Å². The van der Waals surface area contributed by atoms with E-state index in [1.54, 1.807) is 0 Å². The Morgan fingerprint density at radius 1 is 1.23 bits per heavy atom. The van der Waals surface area contributed by atoms with Gasteiger partial charge in [0.05, 0.1) is 0 Å². The third-order valence-corrected chi connectivity index (χ3v) is 2.57. The molecule has 0 unspecified atom stereocenters. The smallest absolute Gasteiger partial charge is 0.145 e. The lowest BCUT2D eigenvalue weighted by atomic mass is 10.3. The first-order chi connectivity index (χ1) is 5.88. The monoisotopic (exact) mass is 195 g/mol. The highest BCUT2D eigenvalue weighted by Crippen LogP contribution is 2.13. The Kier molecular flexibility index (Phi) is 2.70. The maximum absolute atomic E-state index is 4.37. The first-order valence-electron chi connectivity index (χ1n) is 4.47. The molecule has 13 heavy (non-hydrogen) atoms. The van der Waals surface area contributed by atoms with E-state index in [0.29, 0.717) is 0 Å². The summed E-state index contributed by atoms with van der Waals surface area (Å²) >= 11 is 0. The summed E-state index contributed by atoms with van der Waals surface area (Å²) in [7, 11) is -1.29. The summed E-state index contributed by atoms with van der Waals surface area (Å²) in [5.41, 5.74) is 1.12. The molecule has 1 aromatic heterocycles. The van der Waals surface area contributed by atoms with Crippen LogP contribution in [0.3, 0.4) is 0 Å².